The molecule has 11 aromatic rings. The van der Waals surface area contributed by atoms with E-state index in [9.17, 15) is 0 Å². The lowest BCUT2D eigenvalue weighted by molar-refractivity contribution is 0.893. The van der Waals surface area contributed by atoms with Crippen molar-refractivity contribution in [3.8, 4) is 56.7 Å². The van der Waals surface area contributed by atoms with Gasteiger partial charge in [-0.25, -0.2) is 0 Å². The minimum atomic E-state index is 0.562. The van der Waals surface area contributed by atoms with Gasteiger partial charge < -0.3 is 0 Å². The van der Waals surface area contributed by atoms with Crippen LogP contribution in [0.1, 0.15) is 0 Å². The molecule has 262 valence electrons. The molecule has 5 nitrogen and oxygen atoms in total. The second-order valence-electron chi connectivity index (χ2n) is 14.1. The molecule has 3 heterocycles. The molecular formula is C51H33N5. The van der Waals surface area contributed by atoms with Gasteiger partial charge in [-0.2, -0.15) is 15.0 Å². The van der Waals surface area contributed by atoms with Crippen LogP contribution < -0.4 is 0 Å². The molecule has 0 bridgehead atoms. The van der Waals surface area contributed by atoms with Gasteiger partial charge in [-0.15, -0.1) is 0 Å². The number of fused-ring (bicyclic) bond motifs is 6. The average Bonchev–Trinajstić information content (AvgIpc) is 3.80. The fraction of sp³-hybridized carbons (Fsp3) is 0. The van der Waals surface area contributed by atoms with Gasteiger partial charge in [-0.3, -0.25) is 9.13 Å². The number of hydrogen-bond donors (Lipinski definition) is 0. The zero-order valence-electron chi connectivity index (χ0n) is 30.3. The van der Waals surface area contributed by atoms with E-state index in [1.807, 2.05) is 0 Å². The highest BCUT2D eigenvalue weighted by Gasteiger charge is 2.20. The van der Waals surface area contributed by atoms with E-state index >= 15 is 0 Å². The summed E-state index contributed by atoms with van der Waals surface area (Å²) in [5.74, 6) is 1.72. The molecular weight excluding hydrogens is 683 g/mol. The molecule has 0 fully saturated rings. The lowest BCUT2D eigenvalue weighted by Gasteiger charge is -2.14. The highest BCUT2D eigenvalue weighted by molar-refractivity contribution is 6.10. The summed E-state index contributed by atoms with van der Waals surface area (Å²) in [4.78, 5) is 15.9. The lowest BCUT2D eigenvalue weighted by atomic mass is 9.93. The number of rotatable bonds is 6. The first-order chi connectivity index (χ1) is 27.8. The van der Waals surface area contributed by atoms with Crippen molar-refractivity contribution < 1.29 is 0 Å². The quantitative estimate of drug-likeness (QED) is 0.172. The van der Waals surface area contributed by atoms with Gasteiger partial charge in [0.2, 0.25) is 11.9 Å². The predicted molar refractivity (Wildman–Crippen MR) is 230 cm³/mol. The third-order valence-electron chi connectivity index (χ3n) is 10.8. The minimum absolute atomic E-state index is 0.562. The third kappa shape index (κ3) is 5.29. The van der Waals surface area contributed by atoms with E-state index in [1.54, 1.807) is 0 Å². The molecule has 0 radical (unpaired) electrons. The van der Waals surface area contributed by atoms with Gasteiger partial charge in [0.05, 0.1) is 22.1 Å². The normalized spacial score (nSPS) is 11.6. The molecule has 8 aromatic carbocycles. The Balaban J connectivity index is 1.16. The fourth-order valence-electron chi connectivity index (χ4n) is 8.19. The fourth-order valence-corrected chi connectivity index (χ4v) is 8.19. The van der Waals surface area contributed by atoms with Crippen LogP contribution in [-0.4, -0.2) is 24.1 Å². The molecule has 11 rings (SSSR count). The summed E-state index contributed by atoms with van der Waals surface area (Å²) < 4.78 is 4.35. The van der Waals surface area contributed by atoms with E-state index in [0.29, 0.717) is 17.7 Å². The Bertz CT molecular complexity index is 2950. The van der Waals surface area contributed by atoms with E-state index in [0.717, 1.165) is 71.4 Å². The zero-order valence-corrected chi connectivity index (χ0v) is 30.3. The largest absolute Gasteiger partial charge is 0.278 e. The molecule has 5 heteroatoms. The standard InChI is InChI=1S/C51H33N5/c1-3-16-34(17-4-1)38-31-39(35-18-5-2-6-19-35)33-40(32-38)36-20-15-21-37(30-36)49-52-50(55-45-26-11-7-22-41(45)42-23-8-12-27-46(42)55)54-51(53-49)56-47-28-13-9-24-43(47)44-25-10-14-29-48(44)56/h1-33H. The minimum Gasteiger partial charge on any atom is -0.278 e. The third-order valence-corrected chi connectivity index (χ3v) is 10.8. The van der Waals surface area contributed by atoms with E-state index in [1.165, 1.54) is 11.1 Å². The highest BCUT2D eigenvalue weighted by Crippen LogP contribution is 2.37. The maximum absolute atomic E-state index is 5.32. The van der Waals surface area contributed by atoms with Crippen molar-refractivity contribution in [1.82, 2.24) is 24.1 Å². The number of para-hydroxylation sites is 4. The Labute approximate surface area is 323 Å². The second kappa shape index (κ2) is 13.0. The summed E-state index contributed by atoms with van der Waals surface area (Å²) in [5, 5.41) is 4.60. The molecule has 0 spiro atoms. The monoisotopic (exact) mass is 715 g/mol. The second-order valence-corrected chi connectivity index (χ2v) is 14.1. The molecule has 0 saturated heterocycles. The zero-order chi connectivity index (χ0) is 37.0. The Kier molecular flexibility index (Phi) is 7.42. The number of aromatic nitrogens is 5. The van der Waals surface area contributed by atoms with Crippen molar-refractivity contribution in [1.29, 1.82) is 0 Å². The summed E-state index contributed by atoms with van der Waals surface area (Å²) in [6.07, 6.45) is 0. The van der Waals surface area contributed by atoms with Gasteiger partial charge >= 0.3 is 0 Å². The summed E-state index contributed by atoms with van der Waals surface area (Å²) in [5.41, 5.74) is 11.9. The number of benzene rings is 8. The maximum Gasteiger partial charge on any atom is 0.240 e. The van der Waals surface area contributed by atoms with Gasteiger partial charge in [0.15, 0.2) is 5.82 Å². The first kappa shape index (κ1) is 31.9. The van der Waals surface area contributed by atoms with Crippen LogP contribution in [0.5, 0.6) is 0 Å². The number of nitrogens with zero attached hydrogens (tertiary/aromatic N) is 5. The topological polar surface area (TPSA) is 48.5 Å². The molecule has 0 unspecified atom stereocenters. The lowest BCUT2D eigenvalue weighted by Crippen LogP contribution is -2.10. The van der Waals surface area contributed by atoms with Crippen LogP contribution in [0.3, 0.4) is 0 Å². The van der Waals surface area contributed by atoms with E-state index in [4.69, 9.17) is 15.0 Å². The summed E-state index contributed by atoms with van der Waals surface area (Å²) >= 11 is 0. The van der Waals surface area contributed by atoms with Crippen LogP contribution in [0, 0.1) is 0 Å². The molecule has 0 atom stereocenters. The van der Waals surface area contributed by atoms with E-state index in [-0.39, 0.29) is 0 Å². The number of hydrogen-bond acceptors (Lipinski definition) is 3. The van der Waals surface area contributed by atoms with E-state index in [2.05, 4.69) is 209 Å². The first-order valence-corrected chi connectivity index (χ1v) is 18.9. The molecule has 0 saturated carbocycles. The maximum atomic E-state index is 5.32. The van der Waals surface area contributed by atoms with Crippen molar-refractivity contribution in [3.05, 3.63) is 200 Å². The van der Waals surface area contributed by atoms with Crippen LogP contribution in [0.15, 0.2) is 200 Å². The molecule has 0 aliphatic carbocycles. The Morgan fingerprint density at radius 1 is 0.250 bits per heavy atom. The molecule has 0 amide bonds. The first-order valence-electron chi connectivity index (χ1n) is 18.9. The smallest absolute Gasteiger partial charge is 0.240 e. The van der Waals surface area contributed by atoms with Gasteiger partial charge in [0.25, 0.3) is 0 Å². The van der Waals surface area contributed by atoms with Gasteiger partial charge in [-0.05, 0) is 81.9 Å². The van der Waals surface area contributed by atoms with Gasteiger partial charge in [0.1, 0.15) is 0 Å². The summed E-state index contributed by atoms with van der Waals surface area (Å²) in [6, 6.07) is 70.5. The van der Waals surface area contributed by atoms with Gasteiger partial charge in [0, 0.05) is 27.1 Å². The van der Waals surface area contributed by atoms with E-state index < -0.39 is 0 Å². The van der Waals surface area contributed by atoms with Crippen LogP contribution in [0.4, 0.5) is 0 Å². The Morgan fingerprint density at radius 3 is 1.00 bits per heavy atom. The van der Waals surface area contributed by atoms with Crippen LogP contribution in [0.25, 0.3) is 100 Å². The Morgan fingerprint density at radius 2 is 0.571 bits per heavy atom. The van der Waals surface area contributed by atoms with Crippen molar-refractivity contribution in [2.75, 3.05) is 0 Å². The average molecular weight is 716 g/mol. The van der Waals surface area contributed by atoms with Crippen LogP contribution in [-0.2, 0) is 0 Å². The molecule has 0 aliphatic heterocycles. The van der Waals surface area contributed by atoms with Crippen LogP contribution >= 0.6 is 0 Å². The molecule has 0 N–H and O–H groups in total. The van der Waals surface area contributed by atoms with Crippen molar-refractivity contribution in [2.24, 2.45) is 0 Å². The predicted octanol–water partition coefficient (Wildman–Crippen LogP) is 12.7. The molecule has 0 aliphatic rings. The van der Waals surface area contributed by atoms with Crippen molar-refractivity contribution in [3.63, 3.8) is 0 Å². The summed E-state index contributed by atoms with van der Waals surface area (Å²) in [7, 11) is 0. The Hall–Kier alpha value is -7.63. The summed E-state index contributed by atoms with van der Waals surface area (Å²) in [6.45, 7) is 0. The molecule has 3 aromatic heterocycles. The van der Waals surface area contributed by atoms with Crippen LogP contribution in [0.2, 0.25) is 0 Å². The SMILES string of the molecule is c1ccc(-c2cc(-c3ccccc3)cc(-c3cccc(-c4nc(-n5c6ccccc6c6ccccc65)nc(-n5c6ccccc6c6ccccc65)n4)c3)c2)cc1. The molecule has 56 heavy (non-hydrogen) atoms. The highest BCUT2D eigenvalue weighted by atomic mass is 15.3. The van der Waals surface area contributed by atoms with Crippen molar-refractivity contribution in [2.45, 2.75) is 0 Å². The van der Waals surface area contributed by atoms with Crippen molar-refractivity contribution >= 4 is 43.6 Å². The van der Waals surface area contributed by atoms with Gasteiger partial charge in [-0.1, -0.05) is 152 Å².